The molecule has 2 atom stereocenters. The van der Waals surface area contributed by atoms with E-state index in [0.29, 0.717) is 18.9 Å². The van der Waals surface area contributed by atoms with Gasteiger partial charge in [0.1, 0.15) is 0 Å². The van der Waals surface area contributed by atoms with Gasteiger partial charge < -0.3 is 5.73 Å². The lowest BCUT2D eigenvalue weighted by Crippen LogP contribution is -2.34. The van der Waals surface area contributed by atoms with Crippen LogP contribution in [0.1, 0.15) is 74.3 Å². The molecule has 2 N–H and O–H groups in total. The Bertz CT molecular complexity index is 747. The highest BCUT2D eigenvalue weighted by Crippen LogP contribution is 2.39. The van der Waals surface area contributed by atoms with E-state index in [9.17, 15) is 4.79 Å². The Labute approximate surface area is 163 Å². The van der Waals surface area contributed by atoms with E-state index >= 15 is 0 Å². The third-order valence-electron chi connectivity index (χ3n) is 5.10. The van der Waals surface area contributed by atoms with E-state index < -0.39 is 0 Å². The van der Waals surface area contributed by atoms with E-state index in [0.717, 1.165) is 30.7 Å². The molecule has 0 aromatic carbocycles. The van der Waals surface area contributed by atoms with Gasteiger partial charge in [0.2, 0.25) is 5.91 Å². The molecule has 27 heavy (non-hydrogen) atoms. The third-order valence-corrected chi connectivity index (χ3v) is 5.10. The van der Waals surface area contributed by atoms with Crippen molar-refractivity contribution in [3.63, 3.8) is 0 Å². The lowest BCUT2D eigenvalue weighted by Gasteiger charge is -2.39. The van der Waals surface area contributed by atoms with Crippen molar-refractivity contribution >= 4 is 5.91 Å². The summed E-state index contributed by atoms with van der Waals surface area (Å²) in [4.78, 5) is 22.9. The molecule has 0 radical (unpaired) electrons. The zero-order chi connectivity index (χ0) is 19.8. The molecule has 1 fully saturated rings. The van der Waals surface area contributed by atoms with E-state index in [4.69, 9.17) is 10.7 Å². The van der Waals surface area contributed by atoms with Crippen molar-refractivity contribution in [1.82, 2.24) is 14.9 Å². The summed E-state index contributed by atoms with van der Waals surface area (Å²) >= 11 is 0. The smallest absolute Gasteiger partial charge is 0.217 e. The number of piperidine rings is 1. The molecule has 1 amide bonds. The van der Waals surface area contributed by atoms with Gasteiger partial charge in [-0.15, -0.1) is 0 Å². The SMILES string of the molecule is CC.Cc1cccnc1C1CCCC(c2cccc(CCC(N)=O)n2)N1C. The minimum atomic E-state index is -0.285. The van der Waals surface area contributed by atoms with Gasteiger partial charge in [-0.3, -0.25) is 19.7 Å². The Balaban J connectivity index is 0.00000126. The van der Waals surface area contributed by atoms with E-state index in [1.54, 1.807) is 0 Å². The third kappa shape index (κ3) is 5.36. The van der Waals surface area contributed by atoms with Crippen molar-refractivity contribution < 1.29 is 4.79 Å². The van der Waals surface area contributed by atoms with Gasteiger partial charge in [-0.25, -0.2) is 0 Å². The summed E-state index contributed by atoms with van der Waals surface area (Å²) in [7, 11) is 2.17. The molecule has 5 heteroatoms. The van der Waals surface area contributed by atoms with Crippen molar-refractivity contribution in [2.24, 2.45) is 5.73 Å². The Morgan fingerprint density at radius 3 is 2.63 bits per heavy atom. The maximum atomic E-state index is 11.0. The van der Waals surface area contributed by atoms with Crippen LogP contribution in [0.25, 0.3) is 0 Å². The molecule has 1 saturated heterocycles. The summed E-state index contributed by atoms with van der Waals surface area (Å²) in [6.07, 6.45) is 6.18. The molecule has 146 valence electrons. The maximum absolute atomic E-state index is 11.0. The molecular weight excluding hydrogens is 336 g/mol. The van der Waals surface area contributed by atoms with E-state index in [2.05, 4.69) is 36.0 Å². The number of nitrogens with zero attached hydrogens (tertiary/aromatic N) is 3. The monoisotopic (exact) mass is 368 g/mol. The minimum absolute atomic E-state index is 0.272. The zero-order valence-corrected chi connectivity index (χ0v) is 17.0. The van der Waals surface area contributed by atoms with Crippen LogP contribution in [0.4, 0.5) is 0 Å². The number of pyridine rings is 2. The standard InChI is InChI=1S/C20H26N4O.C2H6/c1-14-6-5-13-22-20(14)18-10-4-9-17(24(18)2)16-8-3-7-15(23-16)11-12-19(21)25;1-2/h3,5-8,13,17-18H,4,9-12H2,1-2H3,(H2,21,25);1-2H3. The molecule has 0 spiro atoms. The van der Waals surface area contributed by atoms with Crippen LogP contribution in [0.3, 0.4) is 0 Å². The first-order chi connectivity index (χ1) is 13.1. The summed E-state index contributed by atoms with van der Waals surface area (Å²) in [5, 5.41) is 0. The molecule has 2 aromatic rings. The van der Waals surface area contributed by atoms with Crippen LogP contribution in [0.15, 0.2) is 36.5 Å². The first-order valence-corrected chi connectivity index (χ1v) is 9.94. The van der Waals surface area contributed by atoms with Crippen LogP contribution in [0.2, 0.25) is 0 Å². The van der Waals surface area contributed by atoms with Crippen molar-refractivity contribution in [3.05, 3.63) is 59.2 Å². The average molecular weight is 369 g/mol. The molecule has 0 bridgehead atoms. The molecule has 3 rings (SSSR count). The number of amides is 1. The topological polar surface area (TPSA) is 72.1 Å². The number of aromatic nitrogens is 2. The number of aryl methyl sites for hydroxylation is 2. The van der Waals surface area contributed by atoms with Gasteiger partial charge in [-0.1, -0.05) is 26.0 Å². The minimum Gasteiger partial charge on any atom is -0.370 e. The molecule has 3 heterocycles. The molecule has 1 aliphatic heterocycles. The van der Waals surface area contributed by atoms with Gasteiger partial charge in [0, 0.05) is 18.3 Å². The van der Waals surface area contributed by atoms with E-state index in [-0.39, 0.29) is 11.9 Å². The summed E-state index contributed by atoms with van der Waals surface area (Å²) < 4.78 is 0. The Morgan fingerprint density at radius 1 is 1.19 bits per heavy atom. The van der Waals surface area contributed by atoms with Crippen molar-refractivity contribution in [2.75, 3.05) is 7.05 Å². The average Bonchev–Trinajstić information content (AvgIpc) is 2.69. The van der Waals surface area contributed by atoms with Crippen LogP contribution in [-0.4, -0.2) is 27.8 Å². The molecular formula is C22H32N4O. The van der Waals surface area contributed by atoms with Crippen molar-refractivity contribution in [3.8, 4) is 0 Å². The normalized spacial score (nSPS) is 19.9. The number of likely N-dealkylation sites (tertiary alicyclic amines) is 1. The fourth-order valence-corrected chi connectivity index (χ4v) is 3.74. The Morgan fingerprint density at radius 2 is 1.93 bits per heavy atom. The van der Waals surface area contributed by atoms with Crippen molar-refractivity contribution in [1.29, 1.82) is 0 Å². The predicted octanol–water partition coefficient (Wildman–Crippen LogP) is 4.13. The summed E-state index contributed by atoms with van der Waals surface area (Å²) in [6, 6.07) is 10.8. The van der Waals surface area contributed by atoms with E-state index in [1.165, 1.54) is 11.3 Å². The largest absolute Gasteiger partial charge is 0.370 e. The predicted molar refractivity (Wildman–Crippen MR) is 109 cm³/mol. The first-order valence-electron chi connectivity index (χ1n) is 9.94. The summed E-state index contributed by atoms with van der Waals surface area (Å²) in [6.45, 7) is 6.13. The number of rotatable bonds is 5. The molecule has 1 aliphatic rings. The lowest BCUT2D eigenvalue weighted by atomic mass is 9.90. The van der Waals surface area contributed by atoms with Gasteiger partial charge in [0.15, 0.2) is 0 Å². The van der Waals surface area contributed by atoms with Gasteiger partial charge in [0.25, 0.3) is 0 Å². The highest BCUT2D eigenvalue weighted by molar-refractivity contribution is 5.73. The number of primary amides is 1. The summed E-state index contributed by atoms with van der Waals surface area (Å²) in [5.41, 5.74) is 9.67. The van der Waals surface area contributed by atoms with Gasteiger partial charge >= 0.3 is 0 Å². The number of carbonyl (C=O) groups excluding carboxylic acids is 1. The zero-order valence-electron chi connectivity index (χ0n) is 17.0. The van der Waals surface area contributed by atoms with Crippen LogP contribution < -0.4 is 5.73 Å². The quantitative estimate of drug-likeness (QED) is 0.861. The molecule has 2 aromatic heterocycles. The second kappa shape index (κ2) is 10.2. The van der Waals surface area contributed by atoms with Crippen LogP contribution in [0.5, 0.6) is 0 Å². The second-order valence-corrected chi connectivity index (χ2v) is 6.85. The molecule has 5 nitrogen and oxygen atoms in total. The molecule has 0 aliphatic carbocycles. The van der Waals surface area contributed by atoms with Crippen LogP contribution >= 0.6 is 0 Å². The fraction of sp³-hybridized carbons (Fsp3) is 0.500. The van der Waals surface area contributed by atoms with Gasteiger partial charge in [0.05, 0.1) is 23.5 Å². The summed E-state index contributed by atoms with van der Waals surface area (Å²) in [5.74, 6) is -0.285. The van der Waals surface area contributed by atoms with Crippen LogP contribution in [0, 0.1) is 6.92 Å². The molecule has 0 saturated carbocycles. The van der Waals surface area contributed by atoms with E-state index in [1.807, 2.05) is 38.2 Å². The second-order valence-electron chi connectivity index (χ2n) is 6.85. The Hall–Kier alpha value is -2.27. The number of hydrogen-bond acceptors (Lipinski definition) is 4. The van der Waals surface area contributed by atoms with Crippen molar-refractivity contribution in [2.45, 2.75) is 65.0 Å². The first kappa shape index (κ1) is 21.0. The number of carbonyl (C=O) groups is 1. The Kier molecular flexibility index (Phi) is 7.92. The lowest BCUT2D eigenvalue weighted by molar-refractivity contribution is -0.118. The number of hydrogen-bond donors (Lipinski definition) is 1. The highest BCUT2D eigenvalue weighted by atomic mass is 16.1. The fourth-order valence-electron chi connectivity index (χ4n) is 3.74. The maximum Gasteiger partial charge on any atom is 0.217 e. The number of nitrogens with two attached hydrogens (primary N) is 1. The van der Waals surface area contributed by atoms with Crippen LogP contribution in [-0.2, 0) is 11.2 Å². The molecule has 2 unspecified atom stereocenters. The highest BCUT2D eigenvalue weighted by Gasteiger charge is 2.31. The van der Waals surface area contributed by atoms with Gasteiger partial charge in [-0.05, 0) is 63.4 Å². The van der Waals surface area contributed by atoms with Gasteiger partial charge in [-0.2, -0.15) is 0 Å².